The Hall–Kier alpha value is -0.943. The van der Waals surface area contributed by atoms with Crippen LogP contribution in [-0.2, 0) is 23.4 Å². The van der Waals surface area contributed by atoms with E-state index in [-0.39, 0.29) is 6.01 Å². The first-order valence-electron chi connectivity index (χ1n) is 4.47. The molecule has 1 heterocycles. The summed E-state index contributed by atoms with van der Waals surface area (Å²) >= 11 is 0. The summed E-state index contributed by atoms with van der Waals surface area (Å²) < 4.78 is 43.7. The predicted octanol–water partition coefficient (Wildman–Crippen LogP) is -0.556. The van der Waals surface area contributed by atoms with Crippen LogP contribution in [0.2, 0.25) is 0 Å². The molecular formula is C7H14N2O6SSi. The first-order chi connectivity index (χ1) is 7.88. The molecule has 1 aromatic heterocycles. The van der Waals surface area contributed by atoms with Crippen LogP contribution >= 0.6 is 0 Å². The standard InChI is InChI=1S/C7H14N2O6SSi/c1-12-17(13-2,14-3)9-6-5-8-7(9)15-16(4,10)11/h5-6H,1-4H3. The Morgan fingerprint density at radius 1 is 1.24 bits per heavy atom. The van der Waals surface area contributed by atoms with E-state index < -0.39 is 19.1 Å². The topological polar surface area (TPSA) is 88.9 Å². The third-order valence-electron chi connectivity index (χ3n) is 1.90. The molecule has 0 aliphatic rings. The lowest BCUT2D eigenvalue weighted by Gasteiger charge is -2.24. The van der Waals surface area contributed by atoms with Gasteiger partial charge in [-0.05, 0) is 0 Å². The Balaban J connectivity index is 3.18. The van der Waals surface area contributed by atoms with Crippen LogP contribution in [0.15, 0.2) is 12.4 Å². The SMILES string of the molecule is CO[Si](OC)(OC)n1ccnc1OS(C)(=O)=O. The molecule has 0 aliphatic heterocycles. The summed E-state index contributed by atoms with van der Waals surface area (Å²) in [4.78, 5) is 3.77. The van der Waals surface area contributed by atoms with Crippen molar-refractivity contribution in [2.75, 3.05) is 27.6 Å². The molecule has 8 nitrogen and oxygen atoms in total. The second-order valence-corrected chi connectivity index (χ2v) is 7.33. The van der Waals surface area contributed by atoms with E-state index >= 15 is 0 Å². The van der Waals surface area contributed by atoms with Crippen LogP contribution in [-0.4, -0.2) is 54.2 Å². The average molecular weight is 282 g/mol. The van der Waals surface area contributed by atoms with Gasteiger partial charge in [0.05, 0.1) is 6.26 Å². The molecule has 0 saturated carbocycles. The second kappa shape index (κ2) is 5.14. The van der Waals surface area contributed by atoms with Gasteiger partial charge in [-0.3, -0.25) is 4.23 Å². The van der Waals surface area contributed by atoms with Gasteiger partial charge in [-0.15, -0.1) is 0 Å². The smallest absolute Gasteiger partial charge is 0.360 e. The molecule has 0 aromatic carbocycles. The first kappa shape index (κ1) is 14.1. The first-order valence-corrected chi connectivity index (χ1v) is 7.96. The van der Waals surface area contributed by atoms with Gasteiger partial charge in [0.15, 0.2) is 0 Å². The Labute approximate surface area is 101 Å². The molecule has 1 rings (SSSR count). The summed E-state index contributed by atoms with van der Waals surface area (Å²) in [5.41, 5.74) is 0. The Bertz CT molecular complexity index is 460. The zero-order valence-electron chi connectivity index (χ0n) is 9.91. The van der Waals surface area contributed by atoms with Crippen molar-refractivity contribution in [2.24, 2.45) is 0 Å². The fourth-order valence-corrected chi connectivity index (χ4v) is 3.38. The average Bonchev–Trinajstić information content (AvgIpc) is 2.68. The molecule has 0 bridgehead atoms. The van der Waals surface area contributed by atoms with E-state index in [1.54, 1.807) is 0 Å². The molecule has 0 atom stereocenters. The summed E-state index contributed by atoms with van der Waals surface area (Å²) in [7, 11) is -2.73. The van der Waals surface area contributed by atoms with Crippen molar-refractivity contribution in [2.45, 2.75) is 0 Å². The number of aromatic nitrogens is 2. The molecule has 1 aromatic rings. The predicted molar refractivity (Wildman–Crippen MR) is 59.9 cm³/mol. The van der Waals surface area contributed by atoms with Crippen molar-refractivity contribution >= 4 is 19.1 Å². The third-order valence-corrected chi connectivity index (χ3v) is 4.83. The van der Waals surface area contributed by atoms with Crippen LogP contribution in [0.5, 0.6) is 6.01 Å². The minimum Gasteiger partial charge on any atom is -0.360 e. The van der Waals surface area contributed by atoms with E-state index in [0.717, 1.165) is 6.26 Å². The van der Waals surface area contributed by atoms with Crippen molar-refractivity contribution in [1.29, 1.82) is 0 Å². The van der Waals surface area contributed by atoms with Crippen molar-refractivity contribution < 1.29 is 25.9 Å². The van der Waals surface area contributed by atoms with Gasteiger partial charge in [0, 0.05) is 33.7 Å². The lowest BCUT2D eigenvalue weighted by molar-refractivity contribution is 0.110. The monoisotopic (exact) mass is 282 g/mol. The van der Waals surface area contributed by atoms with Crippen molar-refractivity contribution in [1.82, 2.24) is 9.22 Å². The lowest BCUT2D eigenvalue weighted by Crippen LogP contribution is -2.50. The van der Waals surface area contributed by atoms with Crippen molar-refractivity contribution in [3.8, 4) is 6.01 Å². The van der Waals surface area contributed by atoms with E-state index in [2.05, 4.69) is 4.98 Å². The molecule has 0 aliphatic carbocycles. The van der Waals surface area contributed by atoms with Crippen LogP contribution in [0.1, 0.15) is 0 Å². The van der Waals surface area contributed by atoms with E-state index in [1.807, 2.05) is 0 Å². The molecular weight excluding hydrogens is 268 g/mol. The second-order valence-electron chi connectivity index (χ2n) is 3.00. The van der Waals surface area contributed by atoms with Gasteiger partial charge in [0.2, 0.25) is 0 Å². The zero-order chi connectivity index (χ0) is 13.1. The molecule has 0 radical (unpaired) electrons. The maximum atomic E-state index is 11.1. The normalized spacial score (nSPS) is 12.7. The zero-order valence-corrected chi connectivity index (χ0v) is 11.7. The molecule has 0 spiro atoms. The summed E-state index contributed by atoms with van der Waals surface area (Å²) in [5.74, 6) is 0. The fraction of sp³-hybridized carbons (Fsp3) is 0.571. The largest absolute Gasteiger partial charge is 0.640 e. The lowest BCUT2D eigenvalue weighted by atomic mass is 11.0. The molecule has 0 saturated heterocycles. The molecule has 0 unspecified atom stereocenters. The number of rotatable bonds is 6. The van der Waals surface area contributed by atoms with Crippen LogP contribution in [0.3, 0.4) is 0 Å². The number of hydrogen-bond donors (Lipinski definition) is 0. The molecule has 98 valence electrons. The minimum absolute atomic E-state index is 0.162. The van der Waals surface area contributed by atoms with E-state index in [9.17, 15) is 8.42 Å². The van der Waals surface area contributed by atoms with Crippen LogP contribution in [0, 0.1) is 0 Å². The van der Waals surface area contributed by atoms with E-state index in [1.165, 1.54) is 38.0 Å². The molecule has 17 heavy (non-hydrogen) atoms. The third kappa shape index (κ3) is 3.04. The van der Waals surface area contributed by atoms with Crippen LogP contribution in [0.4, 0.5) is 0 Å². The summed E-state index contributed by atoms with van der Waals surface area (Å²) in [5, 5.41) is 0. The van der Waals surface area contributed by atoms with Gasteiger partial charge in [-0.1, -0.05) is 0 Å². The Morgan fingerprint density at radius 2 is 1.76 bits per heavy atom. The van der Waals surface area contributed by atoms with Gasteiger partial charge < -0.3 is 17.5 Å². The molecule has 0 amide bonds. The highest BCUT2D eigenvalue weighted by Gasteiger charge is 2.45. The summed E-state index contributed by atoms with van der Waals surface area (Å²) in [6.45, 7) is 0. The minimum atomic E-state index is -3.68. The Morgan fingerprint density at radius 3 is 2.18 bits per heavy atom. The van der Waals surface area contributed by atoms with Gasteiger partial charge in [0.1, 0.15) is 0 Å². The number of nitrogens with zero attached hydrogens (tertiary/aromatic N) is 2. The summed E-state index contributed by atoms with van der Waals surface area (Å²) in [6, 6.07) is -0.162. The van der Waals surface area contributed by atoms with Gasteiger partial charge >= 0.3 is 25.1 Å². The van der Waals surface area contributed by atoms with Gasteiger partial charge in [0.25, 0.3) is 0 Å². The Kier molecular flexibility index (Phi) is 4.27. The molecule has 10 heteroatoms. The fourth-order valence-electron chi connectivity index (χ4n) is 1.24. The maximum Gasteiger partial charge on any atom is 0.640 e. The highest BCUT2D eigenvalue weighted by Crippen LogP contribution is 2.18. The summed E-state index contributed by atoms with van der Waals surface area (Å²) in [6.07, 6.45) is 3.74. The molecule has 0 N–H and O–H groups in total. The quantitative estimate of drug-likeness (QED) is 0.510. The number of imidazole rings is 1. The van der Waals surface area contributed by atoms with E-state index in [0.29, 0.717) is 0 Å². The van der Waals surface area contributed by atoms with Gasteiger partial charge in [-0.25, -0.2) is 4.98 Å². The highest BCUT2D eigenvalue weighted by atomic mass is 32.2. The van der Waals surface area contributed by atoms with E-state index in [4.69, 9.17) is 17.5 Å². The maximum absolute atomic E-state index is 11.1. The van der Waals surface area contributed by atoms with Crippen LogP contribution in [0.25, 0.3) is 0 Å². The van der Waals surface area contributed by atoms with Gasteiger partial charge in [-0.2, -0.15) is 8.42 Å². The highest BCUT2D eigenvalue weighted by molar-refractivity contribution is 7.86. The van der Waals surface area contributed by atoms with Crippen molar-refractivity contribution in [3.63, 3.8) is 0 Å². The molecule has 0 fully saturated rings. The van der Waals surface area contributed by atoms with Crippen LogP contribution < -0.4 is 4.18 Å². The number of hydrogen-bond acceptors (Lipinski definition) is 7. The van der Waals surface area contributed by atoms with Crippen molar-refractivity contribution in [3.05, 3.63) is 12.4 Å².